The predicted molar refractivity (Wildman–Crippen MR) is 80.1 cm³/mol. The summed E-state index contributed by atoms with van der Waals surface area (Å²) in [4.78, 5) is 0. The molecule has 0 heterocycles. The van der Waals surface area contributed by atoms with Gasteiger partial charge in [0.2, 0.25) is 0 Å². The highest BCUT2D eigenvalue weighted by Gasteiger charge is 2.18. The van der Waals surface area contributed by atoms with Gasteiger partial charge in [0.1, 0.15) is 0 Å². The quantitative estimate of drug-likeness (QED) is 0.635. The summed E-state index contributed by atoms with van der Waals surface area (Å²) in [5, 5.41) is 0. The SMILES string of the molecule is SCc1ccc2c(c1)Cc1cc(CS)ccc1-2. The molecule has 0 saturated carbocycles. The number of rotatable bonds is 2. The van der Waals surface area contributed by atoms with Gasteiger partial charge < -0.3 is 0 Å². The molecule has 0 unspecified atom stereocenters. The minimum absolute atomic E-state index is 0.811. The number of benzene rings is 2. The molecule has 0 saturated heterocycles. The van der Waals surface area contributed by atoms with Crippen molar-refractivity contribution in [3.63, 3.8) is 0 Å². The van der Waals surface area contributed by atoms with Gasteiger partial charge in [-0.05, 0) is 39.8 Å². The molecule has 0 aliphatic heterocycles. The van der Waals surface area contributed by atoms with E-state index in [0.29, 0.717) is 0 Å². The van der Waals surface area contributed by atoms with E-state index in [1.807, 2.05) is 0 Å². The number of hydrogen-bond acceptors (Lipinski definition) is 2. The van der Waals surface area contributed by atoms with Crippen LogP contribution in [0.1, 0.15) is 22.3 Å². The lowest BCUT2D eigenvalue weighted by Crippen LogP contribution is -1.84. The first kappa shape index (κ1) is 11.2. The molecule has 0 bridgehead atoms. The molecule has 0 N–H and O–H groups in total. The summed E-state index contributed by atoms with van der Waals surface area (Å²) in [6.07, 6.45) is 1.05. The first-order valence-corrected chi connectivity index (χ1v) is 7.04. The highest BCUT2D eigenvalue weighted by molar-refractivity contribution is 7.79. The third-order valence-corrected chi connectivity index (χ3v) is 4.11. The van der Waals surface area contributed by atoms with E-state index in [4.69, 9.17) is 0 Å². The Morgan fingerprint density at radius 3 is 1.65 bits per heavy atom. The average molecular weight is 258 g/mol. The third-order valence-electron chi connectivity index (χ3n) is 3.38. The van der Waals surface area contributed by atoms with Crippen LogP contribution in [0.5, 0.6) is 0 Å². The van der Waals surface area contributed by atoms with Crippen molar-refractivity contribution in [2.24, 2.45) is 0 Å². The predicted octanol–water partition coefficient (Wildman–Crippen LogP) is 4.12. The van der Waals surface area contributed by atoms with E-state index in [1.165, 1.54) is 33.4 Å². The highest BCUT2D eigenvalue weighted by atomic mass is 32.1. The molecular formula is C15H14S2. The zero-order valence-electron chi connectivity index (χ0n) is 9.48. The van der Waals surface area contributed by atoms with Gasteiger partial charge in [0.05, 0.1) is 0 Å². The van der Waals surface area contributed by atoms with E-state index in [1.54, 1.807) is 0 Å². The molecule has 0 atom stereocenters. The minimum atomic E-state index is 0.811. The number of fused-ring (bicyclic) bond motifs is 3. The van der Waals surface area contributed by atoms with Crippen LogP contribution in [0.15, 0.2) is 36.4 Å². The zero-order chi connectivity index (χ0) is 11.8. The Bertz CT molecular complexity index is 522. The van der Waals surface area contributed by atoms with Crippen molar-refractivity contribution < 1.29 is 0 Å². The van der Waals surface area contributed by atoms with Crippen molar-refractivity contribution >= 4 is 25.3 Å². The second-order valence-electron chi connectivity index (χ2n) is 4.48. The van der Waals surface area contributed by atoms with Crippen LogP contribution in [-0.2, 0) is 17.9 Å². The lowest BCUT2D eigenvalue weighted by molar-refractivity contribution is 1.23. The summed E-state index contributed by atoms with van der Waals surface area (Å²) >= 11 is 8.67. The fourth-order valence-corrected chi connectivity index (χ4v) is 2.91. The van der Waals surface area contributed by atoms with E-state index in [0.717, 1.165) is 17.9 Å². The number of thiol groups is 2. The average Bonchev–Trinajstić information content (AvgIpc) is 2.74. The smallest absolute Gasteiger partial charge is 0.0154 e. The maximum atomic E-state index is 4.33. The normalized spacial score (nSPS) is 12.4. The van der Waals surface area contributed by atoms with Crippen molar-refractivity contribution in [1.82, 2.24) is 0 Å². The molecule has 3 rings (SSSR count). The van der Waals surface area contributed by atoms with Gasteiger partial charge in [-0.15, -0.1) is 0 Å². The molecule has 0 nitrogen and oxygen atoms in total. The summed E-state index contributed by atoms with van der Waals surface area (Å²) in [6, 6.07) is 13.4. The van der Waals surface area contributed by atoms with Gasteiger partial charge in [0.15, 0.2) is 0 Å². The molecule has 86 valence electrons. The van der Waals surface area contributed by atoms with E-state index in [2.05, 4.69) is 61.7 Å². The van der Waals surface area contributed by atoms with Gasteiger partial charge in [-0.2, -0.15) is 25.3 Å². The lowest BCUT2D eigenvalue weighted by atomic mass is 10.0. The zero-order valence-corrected chi connectivity index (χ0v) is 11.3. The molecule has 2 aromatic carbocycles. The van der Waals surface area contributed by atoms with Gasteiger partial charge in [-0.25, -0.2) is 0 Å². The van der Waals surface area contributed by atoms with Gasteiger partial charge in [-0.3, -0.25) is 0 Å². The molecular weight excluding hydrogens is 244 g/mol. The standard InChI is InChI=1S/C15H14S2/c16-8-10-1-3-14-12(5-10)7-13-6-11(9-17)2-4-15(13)14/h1-6,16-17H,7-9H2. The Labute approximate surface area is 113 Å². The van der Waals surface area contributed by atoms with Crippen LogP contribution in [0.4, 0.5) is 0 Å². The molecule has 0 radical (unpaired) electrons. The molecule has 17 heavy (non-hydrogen) atoms. The van der Waals surface area contributed by atoms with Gasteiger partial charge in [0, 0.05) is 11.5 Å². The molecule has 0 spiro atoms. The van der Waals surface area contributed by atoms with Crippen LogP contribution >= 0.6 is 25.3 Å². The van der Waals surface area contributed by atoms with Crippen LogP contribution in [0.2, 0.25) is 0 Å². The van der Waals surface area contributed by atoms with Crippen molar-refractivity contribution in [3.05, 3.63) is 58.7 Å². The van der Waals surface area contributed by atoms with Crippen LogP contribution < -0.4 is 0 Å². The topological polar surface area (TPSA) is 0 Å². The Balaban J connectivity index is 2.10. The van der Waals surface area contributed by atoms with Crippen molar-refractivity contribution in [1.29, 1.82) is 0 Å². The number of hydrogen-bond donors (Lipinski definition) is 2. The molecule has 1 aliphatic rings. The summed E-state index contributed by atoms with van der Waals surface area (Å²) < 4.78 is 0. The maximum Gasteiger partial charge on any atom is 0.0154 e. The first-order chi connectivity index (χ1) is 8.31. The van der Waals surface area contributed by atoms with Gasteiger partial charge in [0.25, 0.3) is 0 Å². The summed E-state index contributed by atoms with van der Waals surface area (Å²) in [5.41, 5.74) is 8.24. The van der Waals surface area contributed by atoms with Gasteiger partial charge in [-0.1, -0.05) is 36.4 Å². The van der Waals surface area contributed by atoms with E-state index >= 15 is 0 Å². The van der Waals surface area contributed by atoms with Crippen LogP contribution in [0.25, 0.3) is 11.1 Å². The minimum Gasteiger partial charge on any atom is -0.175 e. The van der Waals surface area contributed by atoms with E-state index < -0.39 is 0 Å². The first-order valence-electron chi connectivity index (χ1n) is 5.77. The van der Waals surface area contributed by atoms with E-state index in [9.17, 15) is 0 Å². The Morgan fingerprint density at radius 2 is 1.24 bits per heavy atom. The third kappa shape index (κ3) is 1.90. The second kappa shape index (κ2) is 4.43. The Hall–Kier alpha value is -0.860. The Morgan fingerprint density at radius 1 is 0.765 bits per heavy atom. The molecule has 2 heteroatoms. The molecule has 1 aliphatic carbocycles. The second-order valence-corrected chi connectivity index (χ2v) is 5.11. The highest BCUT2D eigenvalue weighted by Crippen LogP contribution is 2.37. The van der Waals surface area contributed by atoms with Crippen molar-refractivity contribution in [2.75, 3.05) is 0 Å². The van der Waals surface area contributed by atoms with Crippen LogP contribution in [-0.4, -0.2) is 0 Å². The van der Waals surface area contributed by atoms with Crippen LogP contribution in [0, 0.1) is 0 Å². The largest absolute Gasteiger partial charge is 0.175 e. The summed E-state index contributed by atoms with van der Waals surface area (Å²) in [7, 11) is 0. The molecule has 2 aromatic rings. The molecule has 0 aromatic heterocycles. The molecule has 0 fully saturated rings. The van der Waals surface area contributed by atoms with Crippen molar-refractivity contribution in [2.45, 2.75) is 17.9 Å². The maximum absolute atomic E-state index is 4.33. The fourth-order valence-electron chi connectivity index (χ4n) is 2.51. The summed E-state index contributed by atoms with van der Waals surface area (Å²) in [5.74, 6) is 1.62. The van der Waals surface area contributed by atoms with Crippen LogP contribution in [0.3, 0.4) is 0 Å². The van der Waals surface area contributed by atoms with Gasteiger partial charge >= 0.3 is 0 Å². The van der Waals surface area contributed by atoms with Crippen molar-refractivity contribution in [3.8, 4) is 11.1 Å². The monoisotopic (exact) mass is 258 g/mol. The molecule has 0 amide bonds. The van der Waals surface area contributed by atoms with E-state index in [-0.39, 0.29) is 0 Å². The lowest BCUT2D eigenvalue weighted by Gasteiger charge is -2.03. The summed E-state index contributed by atoms with van der Waals surface area (Å²) in [6.45, 7) is 0. The fraction of sp³-hybridized carbons (Fsp3) is 0.200. The Kier molecular flexibility index (Phi) is 2.93.